The highest BCUT2D eigenvalue weighted by atomic mass is 16.2. The van der Waals surface area contributed by atoms with Crippen molar-refractivity contribution in [2.24, 2.45) is 0 Å². The number of nitrogens with zero attached hydrogens (tertiary/aromatic N) is 1. The molecule has 2 atom stereocenters. The van der Waals surface area contributed by atoms with E-state index in [0.29, 0.717) is 24.0 Å². The Balaban J connectivity index is 1.49. The van der Waals surface area contributed by atoms with E-state index in [0.717, 1.165) is 11.1 Å². The molecule has 2 aromatic carbocycles. The summed E-state index contributed by atoms with van der Waals surface area (Å²) in [6.07, 6.45) is 0.594. The van der Waals surface area contributed by atoms with Crippen molar-refractivity contribution >= 4 is 23.4 Å². The molecule has 0 radical (unpaired) electrons. The molecule has 0 bridgehead atoms. The lowest BCUT2D eigenvalue weighted by atomic mass is 9.92. The van der Waals surface area contributed by atoms with Gasteiger partial charge in [-0.15, -0.1) is 0 Å². The minimum atomic E-state index is -0.553. The van der Waals surface area contributed by atoms with Gasteiger partial charge < -0.3 is 10.2 Å². The summed E-state index contributed by atoms with van der Waals surface area (Å²) < 4.78 is 0. The van der Waals surface area contributed by atoms with E-state index in [1.165, 1.54) is 4.90 Å². The molecule has 0 saturated heterocycles. The fourth-order valence-electron chi connectivity index (χ4n) is 4.03. The Labute approximate surface area is 168 Å². The molecule has 1 aliphatic heterocycles. The van der Waals surface area contributed by atoms with Gasteiger partial charge in [0.05, 0.1) is 18.5 Å². The van der Waals surface area contributed by atoms with Crippen LogP contribution in [0.1, 0.15) is 64.1 Å². The molecule has 2 amide bonds. The molecule has 1 N–H and O–H groups in total. The van der Waals surface area contributed by atoms with Gasteiger partial charge in [0.25, 0.3) is 11.8 Å². The number of carbonyl (C=O) groups is 4. The first-order valence-electron chi connectivity index (χ1n) is 9.78. The third-order valence-electron chi connectivity index (χ3n) is 5.66. The number of benzene rings is 2. The highest BCUT2D eigenvalue weighted by molar-refractivity contribution is 6.08. The average molecular weight is 390 g/mol. The van der Waals surface area contributed by atoms with Crippen LogP contribution in [0.15, 0.2) is 48.5 Å². The van der Waals surface area contributed by atoms with Gasteiger partial charge in [-0.2, -0.15) is 0 Å². The number of Topliss-reactive ketones (excluding diaryl/α,β-unsaturated/α-hetero) is 2. The molecule has 2 aromatic rings. The summed E-state index contributed by atoms with van der Waals surface area (Å²) in [5, 5.41) is 2.97. The van der Waals surface area contributed by atoms with Crippen LogP contribution in [0.25, 0.3) is 0 Å². The van der Waals surface area contributed by atoms with Gasteiger partial charge in [0.2, 0.25) is 0 Å². The summed E-state index contributed by atoms with van der Waals surface area (Å²) >= 11 is 0. The lowest BCUT2D eigenvalue weighted by Gasteiger charge is -2.29. The van der Waals surface area contributed by atoms with Gasteiger partial charge in [-0.25, -0.2) is 0 Å². The largest absolute Gasteiger partial charge is 0.346 e. The monoisotopic (exact) mass is 390 g/mol. The second kappa shape index (κ2) is 7.62. The zero-order valence-corrected chi connectivity index (χ0v) is 16.2. The van der Waals surface area contributed by atoms with E-state index in [-0.39, 0.29) is 42.4 Å². The Bertz CT molecular complexity index is 999. The van der Waals surface area contributed by atoms with E-state index in [4.69, 9.17) is 0 Å². The van der Waals surface area contributed by atoms with Crippen molar-refractivity contribution in [3.8, 4) is 0 Å². The first-order chi connectivity index (χ1) is 13.9. The predicted octanol–water partition coefficient (Wildman–Crippen LogP) is 2.82. The summed E-state index contributed by atoms with van der Waals surface area (Å²) in [6, 6.07) is 14.0. The van der Waals surface area contributed by atoms with E-state index in [2.05, 4.69) is 5.32 Å². The fraction of sp³-hybridized carbons (Fsp3) is 0.304. The smallest absolute Gasteiger partial charge is 0.255 e. The van der Waals surface area contributed by atoms with Crippen LogP contribution in [-0.4, -0.2) is 34.3 Å². The second-order valence-electron chi connectivity index (χ2n) is 7.65. The Hall–Kier alpha value is -3.28. The van der Waals surface area contributed by atoms with E-state index in [1.807, 2.05) is 37.3 Å². The van der Waals surface area contributed by atoms with Gasteiger partial charge in [0.1, 0.15) is 5.78 Å². The molecule has 4 rings (SSSR count). The van der Waals surface area contributed by atoms with Crippen LogP contribution in [0.2, 0.25) is 0 Å². The van der Waals surface area contributed by atoms with Crippen LogP contribution < -0.4 is 5.32 Å². The molecule has 2 aliphatic rings. The highest BCUT2D eigenvalue weighted by Crippen LogP contribution is 2.29. The topological polar surface area (TPSA) is 83.6 Å². The standard InChI is InChI=1S/C23H22N2O4/c1-14(15-5-3-2-4-6-15)24-22(28)16-7-9-19-17(11-16)13-25(23(19)29)20-10-8-18(26)12-21(20)27/h2-7,9,11,14,20H,8,10,12-13H2,1H3,(H,24,28)/t14-,20?/m0/s1. The van der Waals surface area contributed by atoms with Gasteiger partial charge in [-0.1, -0.05) is 30.3 Å². The maximum atomic E-state index is 12.8. The van der Waals surface area contributed by atoms with Crippen LogP contribution in [-0.2, 0) is 16.1 Å². The summed E-state index contributed by atoms with van der Waals surface area (Å²) in [6.45, 7) is 2.20. The van der Waals surface area contributed by atoms with Crippen LogP contribution in [0.4, 0.5) is 0 Å². The average Bonchev–Trinajstić information content (AvgIpc) is 3.04. The van der Waals surface area contributed by atoms with Gasteiger partial charge >= 0.3 is 0 Å². The first-order valence-corrected chi connectivity index (χ1v) is 9.78. The van der Waals surface area contributed by atoms with Crippen molar-refractivity contribution in [3.05, 3.63) is 70.8 Å². The molecule has 6 nitrogen and oxygen atoms in total. The summed E-state index contributed by atoms with van der Waals surface area (Å²) in [5.41, 5.74) is 2.74. The number of fused-ring (bicyclic) bond motifs is 1. The van der Waals surface area contributed by atoms with Crippen LogP contribution in [0.5, 0.6) is 0 Å². The molecule has 1 heterocycles. The number of nitrogens with one attached hydrogen (secondary N) is 1. The molecule has 1 unspecified atom stereocenters. The van der Waals surface area contributed by atoms with Crippen molar-refractivity contribution < 1.29 is 19.2 Å². The van der Waals surface area contributed by atoms with Crippen molar-refractivity contribution in [1.29, 1.82) is 0 Å². The Morgan fingerprint density at radius 3 is 2.59 bits per heavy atom. The SMILES string of the molecule is C[C@H](NC(=O)c1ccc2c(c1)CN(C1CCC(=O)CC1=O)C2=O)c1ccccc1. The van der Waals surface area contributed by atoms with Crippen molar-refractivity contribution in [2.75, 3.05) is 0 Å². The molecular weight excluding hydrogens is 368 g/mol. The molecule has 6 heteroatoms. The normalized spacial score (nSPS) is 19.8. The Morgan fingerprint density at radius 2 is 1.86 bits per heavy atom. The third-order valence-corrected chi connectivity index (χ3v) is 5.66. The number of ketones is 2. The molecule has 1 aliphatic carbocycles. The van der Waals surface area contributed by atoms with E-state index >= 15 is 0 Å². The molecule has 1 fully saturated rings. The van der Waals surface area contributed by atoms with E-state index in [1.54, 1.807) is 18.2 Å². The number of amides is 2. The predicted molar refractivity (Wildman–Crippen MR) is 106 cm³/mol. The summed E-state index contributed by atoms with van der Waals surface area (Å²) in [4.78, 5) is 50.7. The Kier molecular flexibility index (Phi) is 5.01. The van der Waals surface area contributed by atoms with Gasteiger partial charge in [-0.3, -0.25) is 19.2 Å². The van der Waals surface area contributed by atoms with Gasteiger partial charge in [0, 0.05) is 24.1 Å². The van der Waals surface area contributed by atoms with Gasteiger partial charge in [-0.05, 0) is 42.7 Å². The number of hydrogen-bond acceptors (Lipinski definition) is 4. The minimum absolute atomic E-state index is 0.0677. The Morgan fingerprint density at radius 1 is 1.10 bits per heavy atom. The fourth-order valence-corrected chi connectivity index (χ4v) is 4.03. The zero-order chi connectivity index (χ0) is 20.5. The molecule has 0 spiro atoms. The molecule has 1 saturated carbocycles. The zero-order valence-electron chi connectivity index (χ0n) is 16.2. The molecule has 0 aromatic heterocycles. The maximum Gasteiger partial charge on any atom is 0.255 e. The first kappa shape index (κ1) is 19.1. The van der Waals surface area contributed by atoms with Crippen molar-refractivity contribution in [2.45, 2.75) is 44.8 Å². The van der Waals surface area contributed by atoms with Crippen LogP contribution in [0.3, 0.4) is 0 Å². The summed E-state index contributed by atoms with van der Waals surface area (Å²) in [5.74, 6) is -0.689. The number of carbonyl (C=O) groups excluding carboxylic acids is 4. The van der Waals surface area contributed by atoms with E-state index < -0.39 is 6.04 Å². The van der Waals surface area contributed by atoms with Gasteiger partial charge in [0.15, 0.2) is 5.78 Å². The molecule has 29 heavy (non-hydrogen) atoms. The summed E-state index contributed by atoms with van der Waals surface area (Å²) in [7, 11) is 0. The molecule has 148 valence electrons. The van der Waals surface area contributed by atoms with Crippen LogP contribution >= 0.6 is 0 Å². The lowest BCUT2D eigenvalue weighted by Crippen LogP contribution is -2.44. The quantitative estimate of drug-likeness (QED) is 0.814. The maximum absolute atomic E-state index is 12.8. The number of hydrogen-bond donors (Lipinski definition) is 1. The highest BCUT2D eigenvalue weighted by Gasteiger charge is 2.39. The van der Waals surface area contributed by atoms with Crippen LogP contribution in [0, 0.1) is 0 Å². The molecular formula is C23H22N2O4. The van der Waals surface area contributed by atoms with E-state index in [9.17, 15) is 19.2 Å². The number of rotatable bonds is 4. The van der Waals surface area contributed by atoms with Crippen molar-refractivity contribution in [3.63, 3.8) is 0 Å². The lowest BCUT2D eigenvalue weighted by molar-refractivity contribution is -0.133. The van der Waals surface area contributed by atoms with Crippen molar-refractivity contribution in [1.82, 2.24) is 10.2 Å². The second-order valence-corrected chi connectivity index (χ2v) is 7.65. The third kappa shape index (κ3) is 3.70. The minimum Gasteiger partial charge on any atom is -0.346 e.